The summed E-state index contributed by atoms with van der Waals surface area (Å²) in [7, 11) is 0. The van der Waals surface area contributed by atoms with Crippen LogP contribution in [-0.2, 0) is 4.74 Å². The van der Waals surface area contributed by atoms with E-state index in [2.05, 4.69) is 15.9 Å². The molecule has 0 aromatic carbocycles. The van der Waals surface area contributed by atoms with E-state index in [-0.39, 0.29) is 5.97 Å². The lowest BCUT2D eigenvalue weighted by molar-refractivity contribution is 0.00764. The van der Waals surface area contributed by atoms with Crippen molar-refractivity contribution in [2.45, 2.75) is 26.4 Å². The molecule has 0 aliphatic rings. The number of hydrogen-bond donors (Lipinski definition) is 1. The van der Waals surface area contributed by atoms with Crippen LogP contribution >= 0.6 is 27.3 Å². The summed E-state index contributed by atoms with van der Waals surface area (Å²) < 4.78 is 5.93. The van der Waals surface area contributed by atoms with Crippen LogP contribution in [0.3, 0.4) is 0 Å². The van der Waals surface area contributed by atoms with Crippen LogP contribution in [0.25, 0.3) is 0 Å². The molecule has 14 heavy (non-hydrogen) atoms. The van der Waals surface area contributed by atoms with Crippen molar-refractivity contribution in [2.24, 2.45) is 0 Å². The van der Waals surface area contributed by atoms with Gasteiger partial charge in [0.1, 0.15) is 10.5 Å². The van der Waals surface area contributed by atoms with Crippen LogP contribution in [0.15, 0.2) is 9.85 Å². The summed E-state index contributed by atoms with van der Waals surface area (Å²) in [6.45, 7) is 5.47. The van der Waals surface area contributed by atoms with Gasteiger partial charge in [-0.2, -0.15) is 0 Å². The fraction of sp³-hybridized carbons (Fsp3) is 0.444. The van der Waals surface area contributed by atoms with Crippen LogP contribution in [0.5, 0.6) is 0 Å². The lowest BCUT2D eigenvalue weighted by Crippen LogP contribution is -2.23. The number of carbonyl (C=O) groups excluding carboxylic acids is 1. The zero-order valence-electron chi connectivity index (χ0n) is 8.26. The first-order chi connectivity index (χ1) is 6.31. The maximum atomic E-state index is 11.6. The SMILES string of the molecule is CC(C)(C)OC(=O)c1scc(Br)c1N. The molecule has 1 aromatic heterocycles. The Kier molecular flexibility index (Phi) is 3.21. The highest BCUT2D eigenvalue weighted by Crippen LogP contribution is 2.31. The molecule has 0 atom stereocenters. The molecule has 1 heterocycles. The van der Waals surface area contributed by atoms with Gasteiger partial charge in [0, 0.05) is 5.38 Å². The van der Waals surface area contributed by atoms with E-state index in [1.54, 1.807) is 5.38 Å². The molecule has 78 valence electrons. The number of nitrogen functional groups attached to an aromatic ring is 1. The summed E-state index contributed by atoms with van der Waals surface area (Å²) in [5.74, 6) is -0.370. The van der Waals surface area contributed by atoms with Gasteiger partial charge < -0.3 is 10.5 Å². The first-order valence-electron chi connectivity index (χ1n) is 4.07. The Labute approximate surface area is 95.4 Å². The Bertz CT molecular complexity index is 354. The fourth-order valence-corrected chi connectivity index (χ4v) is 2.16. The van der Waals surface area contributed by atoms with Gasteiger partial charge in [0.2, 0.25) is 0 Å². The van der Waals surface area contributed by atoms with Crippen LogP contribution in [0, 0.1) is 0 Å². The summed E-state index contributed by atoms with van der Waals surface area (Å²) >= 11 is 4.52. The monoisotopic (exact) mass is 277 g/mol. The molecule has 0 saturated carbocycles. The van der Waals surface area contributed by atoms with Crippen molar-refractivity contribution in [3.63, 3.8) is 0 Å². The van der Waals surface area contributed by atoms with E-state index >= 15 is 0 Å². The van der Waals surface area contributed by atoms with Crippen LogP contribution in [0.1, 0.15) is 30.4 Å². The summed E-state index contributed by atoms with van der Waals surface area (Å²) in [5.41, 5.74) is 5.65. The largest absolute Gasteiger partial charge is 0.456 e. The number of rotatable bonds is 1. The molecule has 3 nitrogen and oxygen atoms in total. The Morgan fingerprint density at radius 1 is 1.57 bits per heavy atom. The number of hydrogen-bond acceptors (Lipinski definition) is 4. The van der Waals surface area contributed by atoms with Crippen molar-refractivity contribution in [3.05, 3.63) is 14.7 Å². The minimum Gasteiger partial charge on any atom is -0.456 e. The maximum absolute atomic E-state index is 11.6. The van der Waals surface area contributed by atoms with Crippen molar-refractivity contribution in [1.82, 2.24) is 0 Å². The van der Waals surface area contributed by atoms with E-state index in [1.165, 1.54) is 11.3 Å². The molecule has 0 aliphatic carbocycles. The van der Waals surface area contributed by atoms with E-state index in [1.807, 2.05) is 20.8 Å². The van der Waals surface area contributed by atoms with Crippen LogP contribution < -0.4 is 5.73 Å². The predicted molar refractivity (Wildman–Crippen MR) is 61.6 cm³/mol. The minimum absolute atomic E-state index is 0.370. The summed E-state index contributed by atoms with van der Waals surface area (Å²) in [6.07, 6.45) is 0. The number of nitrogens with two attached hydrogens (primary N) is 1. The second-order valence-electron chi connectivity index (χ2n) is 3.83. The Hall–Kier alpha value is -0.550. The normalized spacial score (nSPS) is 11.4. The van der Waals surface area contributed by atoms with Crippen LogP contribution in [-0.4, -0.2) is 11.6 Å². The van der Waals surface area contributed by atoms with Gasteiger partial charge in [0.15, 0.2) is 0 Å². The molecule has 0 aliphatic heterocycles. The Balaban J connectivity index is 2.86. The number of ether oxygens (including phenoxy) is 1. The molecule has 0 unspecified atom stereocenters. The van der Waals surface area contributed by atoms with Gasteiger partial charge in [-0.25, -0.2) is 4.79 Å². The van der Waals surface area contributed by atoms with Crippen LogP contribution in [0.4, 0.5) is 5.69 Å². The highest BCUT2D eigenvalue weighted by Gasteiger charge is 2.21. The van der Waals surface area contributed by atoms with Gasteiger partial charge >= 0.3 is 5.97 Å². The molecule has 0 bridgehead atoms. The van der Waals surface area contributed by atoms with E-state index in [4.69, 9.17) is 10.5 Å². The molecule has 0 radical (unpaired) electrons. The summed E-state index contributed by atoms with van der Waals surface area (Å²) in [4.78, 5) is 12.0. The zero-order valence-corrected chi connectivity index (χ0v) is 10.7. The van der Waals surface area contributed by atoms with E-state index in [0.29, 0.717) is 10.6 Å². The molecule has 2 N–H and O–H groups in total. The number of carbonyl (C=O) groups is 1. The molecular weight excluding hydrogens is 266 g/mol. The first kappa shape index (κ1) is 11.5. The van der Waals surface area contributed by atoms with Gasteiger partial charge in [-0.1, -0.05) is 0 Å². The standard InChI is InChI=1S/C9H12BrNO2S/c1-9(2,3)13-8(12)7-6(11)5(10)4-14-7/h4H,11H2,1-3H3. The molecule has 0 fully saturated rings. The van der Waals surface area contributed by atoms with Gasteiger partial charge in [-0.15, -0.1) is 11.3 Å². The van der Waals surface area contributed by atoms with Crippen molar-refractivity contribution in [3.8, 4) is 0 Å². The fourth-order valence-electron chi connectivity index (χ4n) is 0.829. The second-order valence-corrected chi connectivity index (χ2v) is 5.56. The molecule has 0 saturated heterocycles. The quantitative estimate of drug-likeness (QED) is 0.803. The van der Waals surface area contributed by atoms with Gasteiger partial charge in [0.25, 0.3) is 0 Å². The van der Waals surface area contributed by atoms with Crippen molar-refractivity contribution < 1.29 is 9.53 Å². The van der Waals surface area contributed by atoms with Crippen molar-refractivity contribution >= 4 is 38.9 Å². The molecule has 0 spiro atoms. The third-order valence-corrected chi connectivity index (χ3v) is 3.30. The minimum atomic E-state index is -0.486. The third-order valence-electron chi connectivity index (χ3n) is 1.37. The molecule has 5 heteroatoms. The first-order valence-corrected chi connectivity index (χ1v) is 5.74. The zero-order chi connectivity index (χ0) is 10.9. The average molecular weight is 278 g/mol. The number of anilines is 1. The molecule has 1 rings (SSSR count). The second kappa shape index (κ2) is 3.90. The van der Waals surface area contributed by atoms with Crippen molar-refractivity contribution in [1.29, 1.82) is 0 Å². The lowest BCUT2D eigenvalue weighted by atomic mass is 10.2. The highest BCUT2D eigenvalue weighted by atomic mass is 79.9. The molecule has 1 aromatic rings. The molecule has 0 amide bonds. The highest BCUT2D eigenvalue weighted by molar-refractivity contribution is 9.10. The van der Waals surface area contributed by atoms with Gasteiger partial charge in [0.05, 0.1) is 10.2 Å². The van der Waals surface area contributed by atoms with E-state index < -0.39 is 5.60 Å². The summed E-state index contributed by atoms with van der Waals surface area (Å²) in [6, 6.07) is 0. The Morgan fingerprint density at radius 2 is 2.14 bits per heavy atom. The number of thiophene rings is 1. The lowest BCUT2D eigenvalue weighted by Gasteiger charge is -2.18. The topological polar surface area (TPSA) is 52.3 Å². The van der Waals surface area contributed by atoms with Crippen LogP contribution in [0.2, 0.25) is 0 Å². The van der Waals surface area contributed by atoms with Crippen molar-refractivity contribution in [2.75, 3.05) is 5.73 Å². The van der Waals surface area contributed by atoms with E-state index in [0.717, 1.165) is 4.47 Å². The molecular formula is C9H12BrNO2S. The van der Waals surface area contributed by atoms with E-state index in [9.17, 15) is 4.79 Å². The summed E-state index contributed by atoms with van der Waals surface area (Å²) in [5, 5.41) is 1.77. The smallest absolute Gasteiger partial charge is 0.351 e. The number of halogens is 1. The Morgan fingerprint density at radius 3 is 2.50 bits per heavy atom. The van der Waals surface area contributed by atoms with Gasteiger partial charge in [-0.3, -0.25) is 0 Å². The van der Waals surface area contributed by atoms with Gasteiger partial charge in [-0.05, 0) is 36.7 Å². The maximum Gasteiger partial charge on any atom is 0.351 e. The number of esters is 1. The predicted octanol–water partition coefficient (Wildman–Crippen LogP) is 3.05. The third kappa shape index (κ3) is 2.72. The average Bonchev–Trinajstić information content (AvgIpc) is 2.29.